The SMILES string of the molecule is C[C@@H]1CCc2c(sc3nc(-c4cccnc4)nc(NC4CCN(CC(N)=O)CC4)c23)C1. The van der Waals surface area contributed by atoms with E-state index in [1.165, 1.54) is 22.2 Å². The molecule has 1 fully saturated rings. The molecule has 1 aliphatic carbocycles. The number of hydrogen-bond acceptors (Lipinski definition) is 7. The van der Waals surface area contributed by atoms with Crippen LogP contribution in [-0.4, -0.2) is 51.4 Å². The maximum Gasteiger partial charge on any atom is 0.231 e. The quantitative estimate of drug-likeness (QED) is 0.637. The number of rotatable bonds is 5. The zero-order chi connectivity index (χ0) is 21.4. The Labute approximate surface area is 186 Å². The highest BCUT2D eigenvalue weighted by molar-refractivity contribution is 7.19. The Hall–Kier alpha value is -2.58. The van der Waals surface area contributed by atoms with Gasteiger partial charge in [0.25, 0.3) is 0 Å². The summed E-state index contributed by atoms with van der Waals surface area (Å²) in [5.74, 6) is 2.13. The molecule has 0 saturated carbocycles. The first-order chi connectivity index (χ1) is 15.1. The topological polar surface area (TPSA) is 97.0 Å². The summed E-state index contributed by atoms with van der Waals surface area (Å²) in [6.07, 6.45) is 8.96. The summed E-state index contributed by atoms with van der Waals surface area (Å²) < 4.78 is 0. The first-order valence-corrected chi connectivity index (χ1v) is 11.9. The molecule has 0 spiro atoms. The van der Waals surface area contributed by atoms with Crippen LogP contribution in [0.1, 0.15) is 36.6 Å². The Kier molecular flexibility index (Phi) is 5.58. The Morgan fingerprint density at radius 1 is 1.29 bits per heavy atom. The van der Waals surface area contributed by atoms with Crippen LogP contribution in [0.25, 0.3) is 21.6 Å². The molecule has 1 amide bonds. The minimum atomic E-state index is -0.260. The number of piperidine rings is 1. The number of primary amides is 1. The van der Waals surface area contributed by atoms with Crippen LogP contribution >= 0.6 is 11.3 Å². The summed E-state index contributed by atoms with van der Waals surface area (Å²) >= 11 is 1.82. The zero-order valence-corrected chi connectivity index (χ0v) is 18.6. The summed E-state index contributed by atoms with van der Waals surface area (Å²) in [7, 11) is 0. The molecule has 1 aliphatic heterocycles. The molecule has 0 aromatic carbocycles. The average molecular weight is 437 g/mol. The second kappa shape index (κ2) is 8.51. The van der Waals surface area contributed by atoms with Crippen molar-refractivity contribution >= 4 is 33.3 Å². The van der Waals surface area contributed by atoms with Gasteiger partial charge >= 0.3 is 0 Å². The Bertz CT molecular complexity index is 1090. The van der Waals surface area contributed by atoms with Crippen molar-refractivity contribution in [1.29, 1.82) is 0 Å². The number of fused-ring (bicyclic) bond motifs is 3. The number of anilines is 1. The van der Waals surface area contributed by atoms with E-state index >= 15 is 0 Å². The first-order valence-electron chi connectivity index (χ1n) is 11.1. The number of carbonyl (C=O) groups is 1. The monoisotopic (exact) mass is 436 g/mol. The number of nitrogens with one attached hydrogen (secondary N) is 1. The lowest BCUT2D eigenvalue weighted by Gasteiger charge is -2.32. The minimum absolute atomic E-state index is 0.260. The number of hydrogen-bond donors (Lipinski definition) is 2. The van der Waals surface area contributed by atoms with Gasteiger partial charge in [0, 0.05) is 42.0 Å². The van der Waals surface area contributed by atoms with Crippen molar-refractivity contribution in [2.24, 2.45) is 11.7 Å². The molecule has 4 heterocycles. The molecule has 0 radical (unpaired) electrons. The fourth-order valence-electron chi connectivity index (χ4n) is 4.72. The van der Waals surface area contributed by atoms with Crippen molar-refractivity contribution in [3.63, 3.8) is 0 Å². The molecule has 162 valence electrons. The predicted molar refractivity (Wildman–Crippen MR) is 124 cm³/mol. The molecule has 2 aliphatic rings. The van der Waals surface area contributed by atoms with Gasteiger partial charge in [0.15, 0.2) is 5.82 Å². The molecule has 3 aromatic rings. The second-order valence-electron chi connectivity index (χ2n) is 8.83. The fourth-order valence-corrected chi connectivity index (χ4v) is 6.10. The number of nitrogens with zero attached hydrogens (tertiary/aromatic N) is 4. The highest BCUT2D eigenvalue weighted by Gasteiger charge is 2.26. The van der Waals surface area contributed by atoms with Crippen LogP contribution in [0.15, 0.2) is 24.5 Å². The van der Waals surface area contributed by atoms with Crippen LogP contribution in [0.2, 0.25) is 0 Å². The van der Waals surface area contributed by atoms with Crippen molar-refractivity contribution in [2.45, 2.75) is 45.1 Å². The minimum Gasteiger partial charge on any atom is -0.369 e. The van der Waals surface area contributed by atoms with E-state index in [2.05, 4.69) is 22.1 Å². The van der Waals surface area contributed by atoms with E-state index in [0.29, 0.717) is 12.6 Å². The van der Waals surface area contributed by atoms with E-state index in [1.807, 2.05) is 29.7 Å². The Morgan fingerprint density at radius 3 is 2.87 bits per heavy atom. The number of nitrogens with two attached hydrogens (primary N) is 1. The molecule has 31 heavy (non-hydrogen) atoms. The van der Waals surface area contributed by atoms with E-state index < -0.39 is 0 Å². The standard InChI is InChI=1S/C23H28N6OS/c1-14-4-5-17-18(11-14)31-23-20(17)22(27-21(28-23)15-3-2-8-25-12-15)26-16-6-9-29(10-7-16)13-19(24)30/h2-3,8,12,14,16H,4-7,9-11,13H2,1H3,(H2,24,30)(H,26,27,28)/t14-/m1/s1. The van der Waals surface area contributed by atoms with Crippen molar-refractivity contribution in [3.05, 3.63) is 35.0 Å². The number of likely N-dealkylation sites (tertiary alicyclic amines) is 1. The lowest BCUT2D eigenvalue weighted by Crippen LogP contribution is -2.43. The molecule has 3 aromatic heterocycles. The molecule has 0 unspecified atom stereocenters. The zero-order valence-electron chi connectivity index (χ0n) is 17.8. The van der Waals surface area contributed by atoms with Crippen molar-refractivity contribution in [2.75, 3.05) is 25.0 Å². The molecule has 7 nitrogen and oxygen atoms in total. The fraction of sp³-hybridized carbons (Fsp3) is 0.478. The third-order valence-electron chi connectivity index (χ3n) is 6.38. The van der Waals surface area contributed by atoms with Gasteiger partial charge in [0.05, 0.1) is 11.9 Å². The number of aryl methyl sites for hydroxylation is 1. The molecule has 8 heteroatoms. The Morgan fingerprint density at radius 2 is 2.13 bits per heavy atom. The molecule has 3 N–H and O–H groups in total. The summed E-state index contributed by atoms with van der Waals surface area (Å²) in [5, 5.41) is 4.96. The first kappa shape index (κ1) is 20.3. The van der Waals surface area contributed by atoms with E-state index in [-0.39, 0.29) is 5.91 Å². The smallest absolute Gasteiger partial charge is 0.231 e. The van der Waals surface area contributed by atoms with Crippen molar-refractivity contribution in [3.8, 4) is 11.4 Å². The van der Waals surface area contributed by atoms with Gasteiger partial charge in [-0.1, -0.05) is 6.92 Å². The number of thiophene rings is 1. The lowest BCUT2D eigenvalue weighted by molar-refractivity contribution is -0.119. The van der Waals surface area contributed by atoms with Crippen LogP contribution < -0.4 is 11.1 Å². The van der Waals surface area contributed by atoms with E-state index in [4.69, 9.17) is 15.7 Å². The number of aromatic nitrogens is 3. The number of carbonyl (C=O) groups excluding carboxylic acids is 1. The molecular weight excluding hydrogens is 408 g/mol. The van der Waals surface area contributed by atoms with Gasteiger partial charge in [0.1, 0.15) is 10.6 Å². The third-order valence-corrected chi connectivity index (χ3v) is 7.53. The molecule has 0 bridgehead atoms. The van der Waals surface area contributed by atoms with Crippen LogP contribution in [-0.2, 0) is 17.6 Å². The van der Waals surface area contributed by atoms with Gasteiger partial charge < -0.3 is 11.1 Å². The van der Waals surface area contributed by atoms with Gasteiger partial charge in [-0.2, -0.15) is 0 Å². The highest BCUT2D eigenvalue weighted by Crippen LogP contribution is 2.41. The predicted octanol–water partition coefficient (Wildman–Crippen LogP) is 3.24. The molecular formula is C23H28N6OS. The molecule has 1 saturated heterocycles. The number of amides is 1. The van der Waals surface area contributed by atoms with E-state index in [1.54, 1.807) is 6.20 Å². The van der Waals surface area contributed by atoms with E-state index in [9.17, 15) is 4.79 Å². The lowest BCUT2D eigenvalue weighted by atomic mass is 9.89. The van der Waals surface area contributed by atoms with Crippen LogP contribution in [0.3, 0.4) is 0 Å². The van der Waals surface area contributed by atoms with Crippen LogP contribution in [0, 0.1) is 5.92 Å². The summed E-state index contributed by atoms with van der Waals surface area (Å²) in [5.41, 5.74) is 7.73. The maximum absolute atomic E-state index is 11.2. The highest BCUT2D eigenvalue weighted by atomic mass is 32.1. The normalized spacial score (nSPS) is 20.0. The molecule has 1 atom stereocenters. The molecule has 5 rings (SSSR count). The average Bonchev–Trinajstić information content (AvgIpc) is 3.13. The second-order valence-corrected chi connectivity index (χ2v) is 9.91. The number of pyridine rings is 1. The summed E-state index contributed by atoms with van der Waals surface area (Å²) in [6.45, 7) is 4.40. The van der Waals surface area contributed by atoms with Crippen LogP contribution in [0.4, 0.5) is 5.82 Å². The van der Waals surface area contributed by atoms with Gasteiger partial charge in [-0.15, -0.1) is 11.3 Å². The van der Waals surface area contributed by atoms with Gasteiger partial charge in [-0.3, -0.25) is 14.7 Å². The van der Waals surface area contributed by atoms with Crippen LogP contribution in [0.5, 0.6) is 0 Å². The Balaban J connectivity index is 1.49. The van der Waals surface area contributed by atoms with Gasteiger partial charge in [-0.25, -0.2) is 9.97 Å². The van der Waals surface area contributed by atoms with Crippen molar-refractivity contribution in [1.82, 2.24) is 19.9 Å². The summed E-state index contributed by atoms with van der Waals surface area (Å²) in [6, 6.07) is 4.25. The van der Waals surface area contributed by atoms with Gasteiger partial charge in [0.2, 0.25) is 5.91 Å². The van der Waals surface area contributed by atoms with Gasteiger partial charge in [-0.05, 0) is 55.7 Å². The van der Waals surface area contributed by atoms with Crippen molar-refractivity contribution < 1.29 is 4.79 Å². The van der Waals surface area contributed by atoms with E-state index in [0.717, 1.165) is 66.7 Å². The largest absolute Gasteiger partial charge is 0.369 e. The maximum atomic E-state index is 11.2. The third kappa shape index (κ3) is 4.27. The summed E-state index contributed by atoms with van der Waals surface area (Å²) in [4.78, 5) is 30.1.